The lowest BCUT2D eigenvalue weighted by Gasteiger charge is -2.10. The Kier molecular flexibility index (Phi) is 2.66. The summed E-state index contributed by atoms with van der Waals surface area (Å²) >= 11 is 0. The molecular formula is C13H20N2O. The van der Waals surface area contributed by atoms with E-state index in [0.29, 0.717) is 11.8 Å². The highest BCUT2D eigenvalue weighted by molar-refractivity contribution is 5.31. The first-order valence-corrected chi connectivity index (χ1v) is 5.82. The van der Waals surface area contributed by atoms with Gasteiger partial charge in [0.05, 0.1) is 6.10 Å². The SMILES string of the molecule is CC(C)Oc1cccc([C@H]2[C@H](N)C2(C)C)n1. The topological polar surface area (TPSA) is 48.1 Å². The summed E-state index contributed by atoms with van der Waals surface area (Å²) in [5.74, 6) is 1.06. The first kappa shape index (κ1) is 11.4. The molecule has 88 valence electrons. The third-order valence-electron chi connectivity index (χ3n) is 3.33. The quantitative estimate of drug-likeness (QED) is 0.850. The van der Waals surface area contributed by atoms with Gasteiger partial charge in [0, 0.05) is 23.7 Å². The van der Waals surface area contributed by atoms with Crippen LogP contribution in [0.25, 0.3) is 0 Å². The Labute approximate surface area is 97.0 Å². The Hall–Kier alpha value is -1.09. The van der Waals surface area contributed by atoms with Gasteiger partial charge in [-0.15, -0.1) is 0 Å². The highest BCUT2D eigenvalue weighted by Gasteiger charge is 2.57. The van der Waals surface area contributed by atoms with Gasteiger partial charge in [-0.3, -0.25) is 0 Å². The highest BCUT2D eigenvalue weighted by Crippen LogP contribution is 2.56. The van der Waals surface area contributed by atoms with Crippen LogP contribution in [-0.4, -0.2) is 17.1 Å². The number of hydrogen-bond donors (Lipinski definition) is 1. The molecule has 2 rings (SSSR count). The summed E-state index contributed by atoms with van der Waals surface area (Å²) in [7, 11) is 0. The van der Waals surface area contributed by atoms with E-state index in [1.807, 2.05) is 32.0 Å². The number of pyridine rings is 1. The van der Waals surface area contributed by atoms with Gasteiger partial charge in [0.25, 0.3) is 0 Å². The molecule has 0 aliphatic heterocycles. The molecule has 0 amide bonds. The Bertz CT molecular complexity index is 387. The van der Waals surface area contributed by atoms with E-state index >= 15 is 0 Å². The maximum absolute atomic E-state index is 6.05. The van der Waals surface area contributed by atoms with E-state index in [2.05, 4.69) is 18.8 Å². The van der Waals surface area contributed by atoms with Crippen molar-refractivity contribution in [3.63, 3.8) is 0 Å². The summed E-state index contributed by atoms with van der Waals surface area (Å²) < 4.78 is 5.58. The van der Waals surface area contributed by atoms with Crippen molar-refractivity contribution in [2.45, 2.75) is 45.8 Å². The number of ether oxygens (including phenoxy) is 1. The smallest absolute Gasteiger partial charge is 0.213 e. The molecule has 1 aromatic heterocycles. The van der Waals surface area contributed by atoms with Gasteiger partial charge in [-0.1, -0.05) is 19.9 Å². The van der Waals surface area contributed by atoms with Gasteiger partial charge < -0.3 is 10.5 Å². The standard InChI is InChI=1S/C13H20N2O/c1-8(2)16-10-7-5-6-9(15-10)11-12(14)13(11,3)4/h5-8,11-12H,14H2,1-4H3/t11-,12-/m0/s1. The fourth-order valence-electron chi connectivity index (χ4n) is 2.15. The molecule has 0 radical (unpaired) electrons. The van der Waals surface area contributed by atoms with Crippen molar-refractivity contribution in [1.29, 1.82) is 0 Å². The molecule has 2 N–H and O–H groups in total. The minimum atomic E-state index is 0.156. The molecule has 0 saturated heterocycles. The van der Waals surface area contributed by atoms with E-state index in [0.717, 1.165) is 5.69 Å². The molecule has 1 heterocycles. The van der Waals surface area contributed by atoms with Crippen LogP contribution in [0.1, 0.15) is 39.3 Å². The minimum Gasteiger partial charge on any atom is -0.475 e. The zero-order chi connectivity index (χ0) is 11.9. The maximum Gasteiger partial charge on any atom is 0.213 e. The van der Waals surface area contributed by atoms with E-state index in [4.69, 9.17) is 10.5 Å². The van der Waals surface area contributed by atoms with Gasteiger partial charge in [-0.05, 0) is 25.3 Å². The lowest BCUT2D eigenvalue weighted by atomic mass is 10.1. The molecule has 0 aromatic carbocycles. The summed E-state index contributed by atoms with van der Waals surface area (Å²) in [6.45, 7) is 8.36. The van der Waals surface area contributed by atoms with Crippen LogP contribution in [0, 0.1) is 5.41 Å². The van der Waals surface area contributed by atoms with E-state index in [1.54, 1.807) is 0 Å². The summed E-state index contributed by atoms with van der Waals surface area (Å²) in [4.78, 5) is 4.52. The molecule has 1 fully saturated rings. The van der Waals surface area contributed by atoms with Crippen molar-refractivity contribution in [2.24, 2.45) is 11.1 Å². The molecule has 0 spiro atoms. The number of hydrogen-bond acceptors (Lipinski definition) is 3. The molecule has 16 heavy (non-hydrogen) atoms. The number of nitrogens with zero attached hydrogens (tertiary/aromatic N) is 1. The summed E-state index contributed by atoms with van der Waals surface area (Å²) in [5.41, 5.74) is 7.27. The molecular weight excluding hydrogens is 200 g/mol. The van der Waals surface area contributed by atoms with Gasteiger partial charge in [0.15, 0.2) is 0 Å². The van der Waals surface area contributed by atoms with Gasteiger partial charge in [-0.2, -0.15) is 0 Å². The van der Waals surface area contributed by atoms with E-state index in [-0.39, 0.29) is 17.6 Å². The summed E-state index contributed by atoms with van der Waals surface area (Å²) in [6, 6.07) is 6.13. The van der Waals surface area contributed by atoms with Crippen molar-refractivity contribution < 1.29 is 4.74 Å². The van der Waals surface area contributed by atoms with Crippen molar-refractivity contribution in [2.75, 3.05) is 0 Å². The summed E-state index contributed by atoms with van der Waals surface area (Å²) in [5, 5.41) is 0. The Morgan fingerprint density at radius 3 is 2.50 bits per heavy atom. The van der Waals surface area contributed by atoms with Gasteiger partial charge in [0.1, 0.15) is 0 Å². The third-order valence-corrected chi connectivity index (χ3v) is 3.33. The van der Waals surface area contributed by atoms with Crippen LogP contribution < -0.4 is 10.5 Å². The van der Waals surface area contributed by atoms with Crippen LogP contribution in [0.4, 0.5) is 0 Å². The Morgan fingerprint density at radius 2 is 2.00 bits per heavy atom. The fourth-order valence-corrected chi connectivity index (χ4v) is 2.15. The van der Waals surface area contributed by atoms with E-state index < -0.39 is 0 Å². The molecule has 1 aliphatic carbocycles. The minimum absolute atomic E-state index is 0.156. The van der Waals surface area contributed by atoms with Crippen LogP contribution in [0.3, 0.4) is 0 Å². The van der Waals surface area contributed by atoms with Crippen molar-refractivity contribution in [3.05, 3.63) is 23.9 Å². The molecule has 2 atom stereocenters. The predicted molar refractivity (Wildman–Crippen MR) is 64.5 cm³/mol. The molecule has 3 heteroatoms. The van der Waals surface area contributed by atoms with E-state index in [1.165, 1.54) is 0 Å². The van der Waals surface area contributed by atoms with Crippen molar-refractivity contribution in [1.82, 2.24) is 4.98 Å². The first-order valence-electron chi connectivity index (χ1n) is 5.82. The third kappa shape index (κ3) is 1.92. The average Bonchev–Trinajstić information content (AvgIpc) is 2.65. The molecule has 3 nitrogen and oxygen atoms in total. The van der Waals surface area contributed by atoms with Crippen LogP contribution in [-0.2, 0) is 0 Å². The van der Waals surface area contributed by atoms with Crippen LogP contribution in [0.5, 0.6) is 5.88 Å². The first-order chi connectivity index (χ1) is 7.43. The fraction of sp³-hybridized carbons (Fsp3) is 0.615. The molecule has 1 saturated carbocycles. The van der Waals surface area contributed by atoms with Gasteiger partial charge in [-0.25, -0.2) is 4.98 Å². The van der Waals surface area contributed by atoms with Crippen molar-refractivity contribution >= 4 is 0 Å². The van der Waals surface area contributed by atoms with Gasteiger partial charge in [0.2, 0.25) is 5.88 Å². The number of aromatic nitrogens is 1. The molecule has 1 aromatic rings. The molecule has 1 aliphatic rings. The Balaban J connectivity index is 2.18. The predicted octanol–water partition coefficient (Wildman–Crippen LogP) is 2.32. The normalized spacial score (nSPS) is 26.9. The molecule has 0 unspecified atom stereocenters. The van der Waals surface area contributed by atoms with Crippen LogP contribution >= 0.6 is 0 Å². The zero-order valence-electron chi connectivity index (χ0n) is 10.4. The van der Waals surface area contributed by atoms with Crippen LogP contribution in [0.2, 0.25) is 0 Å². The monoisotopic (exact) mass is 220 g/mol. The average molecular weight is 220 g/mol. The second-order valence-corrected chi connectivity index (χ2v) is 5.39. The zero-order valence-corrected chi connectivity index (χ0v) is 10.4. The number of nitrogens with two attached hydrogens (primary N) is 1. The molecule has 0 bridgehead atoms. The largest absolute Gasteiger partial charge is 0.475 e. The second-order valence-electron chi connectivity index (χ2n) is 5.39. The second kappa shape index (κ2) is 3.74. The Morgan fingerprint density at radius 1 is 1.38 bits per heavy atom. The highest BCUT2D eigenvalue weighted by atomic mass is 16.5. The van der Waals surface area contributed by atoms with Crippen molar-refractivity contribution in [3.8, 4) is 5.88 Å². The lowest BCUT2D eigenvalue weighted by Crippen LogP contribution is -2.08. The lowest BCUT2D eigenvalue weighted by molar-refractivity contribution is 0.232. The van der Waals surface area contributed by atoms with Crippen LogP contribution in [0.15, 0.2) is 18.2 Å². The van der Waals surface area contributed by atoms with Gasteiger partial charge >= 0.3 is 0 Å². The maximum atomic E-state index is 6.05. The van der Waals surface area contributed by atoms with E-state index in [9.17, 15) is 0 Å². The summed E-state index contributed by atoms with van der Waals surface area (Å²) in [6.07, 6.45) is 0.156. The number of rotatable bonds is 3.